The molecule has 0 aromatic rings. The van der Waals surface area contributed by atoms with Crippen LogP contribution < -0.4 is 15.8 Å². The zero-order chi connectivity index (χ0) is 11.3. The number of primary sulfonamides is 1. The molecule has 1 amide bonds. The zero-order valence-electron chi connectivity index (χ0n) is 8.53. The fourth-order valence-electron chi connectivity index (χ4n) is 1.52. The van der Waals surface area contributed by atoms with Gasteiger partial charge in [-0.3, -0.25) is 4.79 Å². The number of hydrogen-bond acceptors (Lipinski definition) is 4. The Bertz CT molecular complexity index is 309. The van der Waals surface area contributed by atoms with E-state index in [1.54, 1.807) is 0 Å². The number of nitrogens with two attached hydrogens (primary N) is 1. The predicted molar refractivity (Wildman–Crippen MR) is 56.6 cm³/mol. The summed E-state index contributed by atoms with van der Waals surface area (Å²) in [6, 6.07) is -0.112. The summed E-state index contributed by atoms with van der Waals surface area (Å²) in [4.78, 5) is 11.4. The molecule has 0 spiro atoms. The quantitative estimate of drug-likeness (QED) is 0.506. The number of amides is 1. The van der Waals surface area contributed by atoms with Crippen LogP contribution in [0.4, 0.5) is 0 Å². The second-order valence-electron chi connectivity index (χ2n) is 3.66. The van der Waals surface area contributed by atoms with Gasteiger partial charge >= 0.3 is 0 Å². The molecule has 0 saturated carbocycles. The van der Waals surface area contributed by atoms with Crippen LogP contribution in [0, 0.1) is 0 Å². The van der Waals surface area contributed by atoms with Gasteiger partial charge in [-0.15, -0.1) is 0 Å². The molecule has 1 atom stereocenters. The van der Waals surface area contributed by atoms with E-state index in [1.165, 1.54) is 0 Å². The van der Waals surface area contributed by atoms with E-state index in [2.05, 4.69) is 10.6 Å². The van der Waals surface area contributed by atoms with Gasteiger partial charge in [0.25, 0.3) is 0 Å². The van der Waals surface area contributed by atoms with Crippen LogP contribution in [0.5, 0.6) is 0 Å². The molecule has 7 heteroatoms. The summed E-state index contributed by atoms with van der Waals surface area (Å²) in [5.74, 6) is -0.146. The van der Waals surface area contributed by atoms with E-state index < -0.39 is 10.0 Å². The summed E-state index contributed by atoms with van der Waals surface area (Å²) in [5, 5.41) is 10.6. The molecule has 0 aromatic heterocycles. The van der Waals surface area contributed by atoms with Gasteiger partial charge in [-0.05, 0) is 25.8 Å². The summed E-state index contributed by atoms with van der Waals surface area (Å²) in [6.07, 6.45) is 2.22. The third-order valence-electron chi connectivity index (χ3n) is 2.28. The average molecular weight is 235 g/mol. The van der Waals surface area contributed by atoms with Gasteiger partial charge in [0.1, 0.15) is 0 Å². The predicted octanol–water partition coefficient (Wildman–Crippen LogP) is -1.47. The van der Waals surface area contributed by atoms with Gasteiger partial charge in [0.05, 0.1) is 11.8 Å². The highest BCUT2D eigenvalue weighted by atomic mass is 32.2. The van der Waals surface area contributed by atoms with Gasteiger partial charge in [0.2, 0.25) is 15.9 Å². The van der Waals surface area contributed by atoms with E-state index >= 15 is 0 Å². The molecule has 88 valence electrons. The van der Waals surface area contributed by atoms with Crippen LogP contribution in [0.1, 0.15) is 19.3 Å². The molecule has 1 rings (SSSR count). The van der Waals surface area contributed by atoms with Crippen LogP contribution >= 0.6 is 0 Å². The highest BCUT2D eigenvalue weighted by Gasteiger charge is 2.21. The molecule has 4 N–H and O–H groups in total. The number of carbonyl (C=O) groups excluding carboxylic acids is 1. The molecule has 1 saturated heterocycles. The highest BCUT2D eigenvalue weighted by molar-refractivity contribution is 7.89. The minimum Gasteiger partial charge on any atom is -0.355 e. The minimum absolute atomic E-state index is 0.0538. The largest absolute Gasteiger partial charge is 0.355 e. The topological polar surface area (TPSA) is 101 Å². The molecule has 0 bridgehead atoms. The van der Waals surface area contributed by atoms with Gasteiger partial charge in [-0.2, -0.15) is 0 Å². The van der Waals surface area contributed by atoms with E-state index in [4.69, 9.17) is 5.14 Å². The Hall–Kier alpha value is -0.660. The van der Waals surface area contributed by atoms with E-state index in [0.717, 1.165) is 19.4 Å². The van der Waals surface area contributed by atoms with E-state index in [-0.39, 0.29) is 17.7 Å². The lowest BCUT2D eigenvalue weighted by molar-refractivity contribution is -0.122. The second-order valence-corrected chi connectivity index (χ2v) is 5.39. The van der Waals surface area contributed by atoms with Crippen molar-refractivity contribution >= 4 is 15.9 Å². The van der Waals surface area contributed by atoms with Gasteiger partial charge in [-0.25, -0.2) is 13.6 Å². The molecule has 6 nitrogen and oxygen atoms in total. The smallest absolute Gasteiger partial charge is 0.237 e. The van der Waals surface area contributed by atoms with Crippen molar-refractivity contribution in [1.29, 1.82) is 0 Å². The maximum Gasteiger partial charge on any atom is 0.237 e. The molecule has 15 heavy (non-hydrogen) atoms. The first-order chi connectivity index (χ1) is 6.99. The molecule has 1 aliphatic rings. The number of nitrogens with one attached hydrogen (secondary N) is 2. The maximum atomic E-state index is 11.4. The van der Waals surface area contributed by atoms with E-state index in [0.29, 0.717) is 13.0 Å². The molecule has 0 aromatic carbocycles. The molecule has 0 radical (unpaired) electrons. The Labute approximate surface area is 89.6 Å². The van der Waals surface area contributed by atoms with Crippen LogP contribution in [0.15, 0.2) is 0 Å². The van der Waals surface area contributed by atoms with Crippen molar-refractivity contribution in [1.82, 2.24) is 10.6 Å². The van der Waals surface area contributed by atoms with Crippen molar-refractivity contribution < 1.29 is 13.2 Å². The number of carbonyl (C=O) groups is 1. The molecule has 1 aliphatic heterocycles. The Morgan fingerprint density at radius 2 is 2.27 bits per heavy atom. The third kappa shape index (κ3) is 5.10. The number of hydrogen-bond donors (Lipinski definition) is 3. The van der Waals surface area contributed by atoms with Crippen molar-refractivity contribution in [3.8, 4) is 0 Å². The first kappa shape index (κ1) is 12.4. The average Bonchev–Trinajstić information content (AvgIpc) is 2.63. The Morgan fingerprint density at radius 1 is 1.53 bits per heavy atom. The van der Waals surface area contributed by atoms with Gasteiger partial charge in [0.15, 0.2) is 0 Å². The van der Waals surface area contributed by atoms with Crippen LogP contribution in [0.25, 0.3) is 0 Å². The molecular weight excluding hydrogens is 218 g/mol. The lowest BCUT2D eigenvalue weighted by atomic mass is 10.2. The fraction of sp³-hybridized carbons (Fsp3) is 0.875. The Morgan fingerprint density at radius 3 is 2.80 bits per heavy atom. The lowest BCUT2D eigenvalue weighted by Crippen LogP contribution is -2.41. The molecule has 0 aliphatic carbocycles. The van der Waals surface area contributed by atoms with Crippen molar-refractivity contribution in [2.75, 3.05) is 18.8 Å². The fourth-order valence-corrected chi connectivity index (χ4v) is 2.06. The van der Waals surface area contributed by atoms with Crippen molar-refractivity contribution in [2.24, 2.45) is 5.14 Å². The summed E-state index contributed by atoms with van der Waals surface area (Å²) < 4.78 is 21.2. The SMILES string of the molecule is NS(=O)(=O)CCCNC(=O)[C@H]1CCCN1. The van der Waals surface area contributed by atoms with Crippen LogP contribution in [-0.2, 0) is 14.8 Å². The monoisotopic (exact) mass is 235 g/mol. The molecule has 1 fully saturated rings. The van der Waals surface area contributed by atoms with Gasteiger partial charge in [0, 0.05) is 6.54 Å². The molecule has 0 unspecified atom stereocenters. The van der Waals surface area contributed by atoms with Crippen molar-refractivity contribution in [3.05, 3.63) is 0 Å². The van der Waals surface area contributed by atoms with Crippen LogP contribution in [0.2, 0.25) is 0 Å². The summed E-state index contributed by atoms with van der Waals surface area (Å²) in [5.41, 5.74) is 0. The standard InChI is InChI=1S/C8H17N3O3S/c9-15(13,14)6-2-5-11-8(12)7-3-1-4-10-7/h7,10H,1-6H2,(H,11,12)(H2,9,13,14)/t7-/m1/s1. The van der Waals surface area contributed by atoms with Crippen LogP contribution in [-0.4, -0.2) is 39.2 Å². The molecule has 1 heterocycles. The number of rotatable bonds is 5. The first-order valence-corrected chi connectivity index (χ1v) is 6.72. The Kier molecular flexibility index (Phi) is 4.49. The third-order valence-corrected chi connectivity index (χ3v) is 3.14. The number of sulfonamides is 1. The summed E-state index contributed by atoms with van der Waals surface area (Å²) in [7, 11) is -3.41. The van der Waals surface area contributed by atoms with Gasteiger partial charge < -0.3 is 10.6 Å². The maximum absolute atomic E-state index is 11.4. The zero-order valence-corrected chi connectivity index (χ0v) is 9.35. The lowest BCUT2D eigenvalue weighted by Gasteiger charge is -2.10. The Balaban J connectivity index is 2.12. The van der Waals surface area contributed by atoms with Crippen molar-refractivity contribution in [3.63, 3.8) is 0 Å². The van der Waals surface area contributed by atoms with E-state index in [9.17, 15) is 13.2 Å². The normalized spacial score (nSPS) is 21.5. The second kappa shape index (κ2) is 5.43. The van der Waals surface area contributed by atoms with E-state index in [1.807, 2.05) is 0 Å². The summed E-state index contributed by atoms with van der Waals surface area (Å²) >= 11 is 0. The summed E-state index contributed by atoms with van der Waals surface area (Å²) in [6.45, 7) is 1.22. The van der Waals surface area contributed by atoms with Gasteiger partial charge in [-0.1, -0.05) is 0 Å². The highest BCUT2D eigenvalue weighted by Crippen LogP contribution is 2.04. The first-order valence-electron chi connectivity index (χ1n) is 5.00. The molecular formula is C8H17N3O3S. The minimum atomic E-state index is -3.41. The van der Waals surface area contributed by atoms with Crippen LogP contribution in [0.3, 0.4) is 0 Å². The van der Waals surface area contributed by atoms with Crippen molar-refractivity contribution in [2.45, 2.75) is 25.3 Å².